The molecule has 3 rings (SSSR count). The van der Waals surface area contributed by atoms with Crippen LogP contribution in [-0.4, -0.2) is 38.9 Å². The van der Waals surface area contributed by atoms with Crippen molar-refractivity contribution >= 4 is 16.9 Å². The van der Waals surface area contributed by atoms with Gasteiger partial charge in [-0.3, -0.25) is 4.68 Å². The first-order valence-electron chi connectivity index (χ1n) is 7.45. The van der Waals surface area contributed by atoms with Gasteiger partial charge < -0.3 is 9.84 Å². The van der Waals surface area contributed by atoms with Crippen molar-refractivity contribution < 1.29 is 23.4 Å². The Morgan fingerprint density at radius 1 is 1.32 bits per heavy atom. The van der Waals surface area contributed by atoms with Gasteiger partial charge in [0.05, 0.1) is 28.2 Å². The van der Waals surface area contributed by atoms with Crippen molar-refractivity contribution in [1.82, 2.24) is 14.8 Å². The van der Waals surface area contributed by atoms with Crippen LogP contribution in [0.15, 0.2) is 30.3 Å². The Balaban J connectivity index is 2.19. The largest absolute Gasteiger partial charge is 0.487 e. The van der Waals surface area contributed by atoms with Crippen LogP contribution in [0.1, 0.15) is 16.1 Å². The van der Waals surface area contributed by atoms with Gasteiger partial charge in [-0.05, 0) is 31.2 Å². The predicted octanol–water partition coefficient (Wildman–Crippen LogP) is 3.29. The van der Waals surface area contributed by atoms with Crippen molar-refractivity contribution in [1.29, 1.82) is 0 Å². The summed E-state index contributed by atoms with van der Waals surface area (Å²) < 4.78 is 32.0. The third-order valence-electron chi connectivity index (χ3n) is 3.65. The Morgan fingerprint density at radius 2 is 2.08 bits per heavy atom. The van der Waals surface area contributed by atoms with Gasteiger partial charge in [0.15, 0.2) is 0 Å². The van der Waals surface area contributed by atoms with Gasteiger partial charge in [0.25, 0.3) is 6.43 Å². The number of hydrogen-bond donors (Lipinski definition) is 1. The van der Waals surface area contributed by atoms with Crippen molar-refractivity contribution in [3.63, 3.8) is 0 Å². The molecule has 2 heterocycles. The van der Waals surface area contributed by atoms with E-state index in [1.54, 1.807) is 11.7 Å². The number of aromatic carboxylic acids is 1. The summed E-state index contributed by atoms with van der Waals surface area (Å²) in [5.74, 6) is -0.963. The summed E-state index contributed by atoms with van der Waals surface area (Å²) in [6, 6.07) is 7.64. The monoisotopic (exact) mass is 347 g/mol. The van der Waals surface area contributed by atoms with Gasteiger partial charge in [-0.1, -0.05) is 0 Å². The van der Waals surface area contributed by atoms with Crippen LogP contribution in [0.3, 0.4) is 0 Å². The molecule has 0 atom stereocenters. The summed E-state index contributed by atoms with van der Waals surface area (Å²) in [4.78, 5) is 15.7. The summed E-state index contributed by atoms with van der Waals surface area (Å²) in [6.07, 6.45) is -2.65. The van der Waals surface area contributed by atoms with E-state index >= 15 is 0 Å². The van der Waals surface area contributed by atoms with Gasteiger partial charge in [0.2, 0.25) is 0 Å². The second-order valence-corrected chi connectivity index (χ2v) is 5.54. The number of rotatable bonds is 5. The number of carboxylic acid groups (broad SMARTS) is 1. The first-order valence-corrected chi connectivity index (χ1v) is 7.45. The maximum atomic E-state index is 12.6. The molecule has 6 nitrogen and oxygen atoms in total. The first-order chi connectivity index (χ1) is 11.8. The molecule has 0 aliphatic heterocycles. The molecule has 0 fully saturated rings. The minimum atomic E-state index is -2.65. The summed E-state index contributed by atoms with van der Waals surface area (Å²) in [5.41, 5.74) is 2.47. The van der Waals surface area contributed by atoms with Crippen LogP contribution in [0, 0.1) is 6.92 Å². The van der Waals surface area contributed by atoms with Gasteiger partial charge in [0.1, 0.15) is 12.4 Å². The van der Waals surface area contributed by atoms with Crippen LogP contribution in [0.2, 0.25) is 0 Å². The number of halogens is 2. The summed E-state index contributed by atoms with van der Waals surface area (Å²) >= 11 is 0. The fraction of sp³-hybridized carbons (Fsp3) is 0.235. The number of hydrogen-bond acceptors (Lipinski definition) is 4. The quantitative estimate of drug-likeness (QED) is 0.766. The third kappa shape index (κ3) is 3.42. The summed E-state index contributed by atoms with van der Waals surface area (Å²) in [6.45, 7) is 1.04. The lowest BCUT2D eigenvalue weighted by atomic mass is 10.1. The molecule has 130 valence electrons. The van der Waals surface area contributed by atoms with Gasteiger partial charge in [-0.2, -0.15) is 5.10 Å². The maximum absolute atomic E-state index is 12.6. The average molecular weight is 347 g/mol. The molecule has 1 aromatic carbocycles. The highest BCUT2D eigenvalue weighted by Crippen LogP contribution is 2.31. The molecule has 0 radical (unpaired) electrons. The number of carboxylic acids is 1. The lowest BCUT2D eigenvalue weighted by Crippen LogP contribution is -2.08. The molecule has 0 spiro atoms. The Hall–Kier alpha value is -3.03. The van der Waals surface area contributed by atoms with Gasteiger partial charge in [-0.15, -0.1) is 0 Å². The SMILES string of the molecule is Cc1cc(-c2cc(OCC(F)F)c3cc(C(=O)O)ccc3n2)n(C)n1. The second-order valence-electron chi connectivity index (χ2n) is 5.54. The number of nitrogens with zero attached hydrogens (tertiary/aromatic N) is 3. The highest BCUT2D eigenvalue weighted by molar-refractivity contribution is 5.96. The predicted molar refractivity (Wildman–Crippen MR) is 87.1 cm³/mol. The Morgan fingerprint density at radius 3 is 2.68 bits per heavy atom. The smallest absolute Gasteiger partial charge is 0.335 e. The molecule has 0 amide bonds. The molecule has 3 aromatic rings. The number of benzene rings is 1. The maximum Gasteiger partial charge on any atom is 0.335 e. The van der Waals surface area contributed by atoms with Crippen molar-refractivity contribution in [3.8, 4) is 17.1 Å². The van der Waals surface area contributed by atoms with E-state index in [4.69, 9.17) is 9.84 Å². The molecule has 0 aliphatic rings. The van der Waals surface area contributed by atoms with Crippen LogP contribution < -0.4 is 4.74 Å². The minimum Gasteiger partial charge on any atom is -0.487 e. The lowest BCUT2D eigenvalue weighted by Gasteiger charge is -2.12. The van der Waals surface area contributed by atoms with Crippen LogP contribution in [0.4, 0.5) is 8.78 Å². The Kier molecular flexibility index (Phi) is 4.35. The summed E-state index contributed by atoms with van der Waals surface area (Å²) in [5, 5.41) is 13.7. The highest BCUT2D eigenvalue weighted by atomic mass is 19.3. The topological polar surface area (TPSA) is 77.2 Å². The van der Waals surface area contributed by atoms with Gasteiger partial charge in [-0.25, -0.2) is 18.6 Å². The number of pyridine rings is 1. The second kappa shape index (κ2) is 6.46. The Bertz CT molecular complexity index is 954. The Labute approximate surface area is 141 Å². The highest BCUT2D eigenvalue weighted by Gasteiger charge is 2.15. The van der Waals surface area contributed by atoms with E-state index < -0.39 is 19.0 Å². The molecule has 0 saturated carbocycles. The number of ether oxygens (including phenoxy) is 1. The van der Waals surface area contributed by atoms with E-state index in [2.05, 4.69) is 10.1 Å². The molecule has 0 aliphatic carbocycles. The zero-order valence-electron chi connectivity index (χ0n) is 13.5. The average Bonchev–Trinajstić information content (AvgIpc) is 2.90. The molecular formula is C17H15F2N3O3. The number of aromatic nitrogens is 3. The van der Waals surface area contributed by atoms with E-state index in [9.17, 15) is 13.6 Å². The van der Waals surface area contributed by atoms with Crippen molar-refractivity contribution in [2.24, 2.45) is 7.05 Å². The fourth-order valence-electron chi connectivity index (χ4n) is 2.58. The van der Waals surface area contributed by atoms with E-state index in [0.717, 1.165) is 5.69 Å². The van der Waals surface area contributed by atoms with Crippen LogP contribution in [-0.2, 0) is 7.05 Å². The van der Waals surface area contributed by atoms with Crippen molar-refractivity contribution in [2.45, 2.75) is 13.3 Å². The van der Waals surface area contributed by atoms with Crippen LogP contribution in [0.25, 0.3) is 22.3 Å². The van der Waals surface area contributed by atoms with Gasteiger partial charge >= 0.3 is 5.97 Å². The van der Waals surface area contributed by atoms with Crippen molar-refractivity contribution in [2.75, 3.05) is 6.61 Å². The molecular weight excluding hydrogens is 332 g/mol. The zero-order chi connectivity index (χ0) is 18.1. The van der Waals surface area contributed by atoms with E-state index in [-0.39, 0.29) is 11.3 Å². The number of aryl methyl sites for hydroxylation is 2. The summed E-state index contributed by atoms with van der Waals surface area (Å²) in [7, 11) is 1.75. The molecule has 8 heteroatoms. The molecule has 0 saturated heterocycles. The fourth-order valence-corrected chi connectivity index (χ4v) is 2.58. The number of carbonyl (C=O) groups is 1. The lowest BCUT2D eigenvalue weighted by molar-refractivity contribution is 0.0696. The normalized spacial score (nSPS) is 11.2. The molecule has 1 N–H and O–H groups in total. The molecule has 25 heavy (non-hydrogen) atoms. The van der Waals surface area contributed by atoms with E-state index in [1.807, 2.05) is 13.0 Å². The van der Waals surface area contributed by atoms with E-state index in [0.29, 0.717) is 22.3 Å². The molecule has 0 unspecified atom stereocenters. The number of fused-ring (bicyclic) bond motifs is 1. The van der Waals surface area contributed by atoms with Crippen LogP contribution in [0.5, 0.6) is 5.75 Å². The van der Waals surface area contributed by atoms with E-state index in [1.165, 1.54) is 24.3 Å². The third-order valence-corrected chi connectivity index (χ3v) is 3.65. The van der Waals surface area contributed by atoms with Crippen LogP contribution >= 0.6 is 0 Å². The molecule has 2 aromatic heterocycles. The minimum absolute atomic E-state index is 0.0281. The number of alkyl halides is 2. The van der Waals surface area contributed by atoms with Crippen molar-refractivity contribution in [3.05, 3.63) is 41.6 Å². The molecule has 0 bridgehead atoms. The standard InChI is InChI=1S/C17H15F2N3O3/c1-9-5-14(22(2)21-9)13-7-15(25-8-16(18)19)11-6-10(17(23)24)3-4-12(11)20-13/h3-7,16H,8H2,1-2H3,(H,23,24). The zero-order valence-corrected chi connectivity index (χ0v) is 13.5. The first kappa shape index (κ1) is 16.8. The van der Waals surface area contributed by atoms with Gasteiger partial charge in [0, 0.05) is 18.5 Å².